The molecule has 7 heteroatoms. The molecule has 0 saturated carbocycles. The second kappa shape index (κ2) is 7.66. The number of carbonyl (C=O) groups is 1. The third-order valence-corrected chi connectivity index (χ3v) is 5.31. The van der Waals surface area contributed by atoms with Crippen molar-refractivity contribution in [1.29, 1.82) is 0 Å². The lowest BCUT2D eigenvalue weighted by Crippen LogP contribution is -2.00. The Morgan fingerprint density at radius 1 is 1.21 bits per heavy atom. The van der Waals surface area contributed by atoms with Crippen molar-refractivity contribution in [3.63, 3.8) is 0 Å². The molecule has 0 fully saturated rings. The van der Waals surface area contributed by atoms with Gasteiger partial charge in [-0.2, -0.15) is 0 Å². The lowest BCUT2D eigenvalue weighted by atomic mass is 10.1. The van der Waals surface area contributed by atoms with Crippen molar-refractivity contribution in [3.05, 3.63) is 64.4 Å². The van der Waals surface area contributed by atoms with Gasteiger partial charge >= 0.3 is 0 Å². The highest BCUT2D eigenvalue weighted by Crippen LogP contribution is 2.39. The summed E-state index contributed by atoms with van der Waals surface area (Å²) in [5.74, 6) is 1.07. The van der Waals surface area contributed by atoms with Crippen LogP contribution in [0, 0.1) is 6.92 Å². The molecule has 140 valence electrons. The normalized spacial score (nSPS) is 11.0. The molecule has 4 rings (SSSR count). The van der Waals surface area contributed by atoms with Crippen molar-refractivity contribution in [1.82, 2.24) is 15.0 Å². The number of Topliss-reactive ketones (excluding diaryl/α,β-unsaturated/α-hetero) is 1. The third kappa shape index (κ3) is 3.61. The van der Waals surface area contributed by atoms with Crippen LogP contribution in [0.4, 0.5) is 0 Å². The Kier molecular flexibility index (Phi) is 5.07. The first kappa shape index (κ1) is 18.5. The first-order chi connectivity index (χ1) is 13.5. The number of halogens is 1. The maximum atomic E-state index is 11.5. The van der Waals surface area contributed by atoms with E-state index in [2.05, 4.69) is 9.97 Å². The highest BCUT2D eigenvalue weighted by molar-refractivity contribution is 7.13. The van der Waals surface area contributed by atoms with E-state index in [-0.39, 0.29) is 12.2 Å². The zero-order valence-electron chi connectivity index (χ0n) is 15.3. The molecule has 0 N–H and O–H groups in total. The maximum absolute atomic E-state index is 11.5. The number of pyridine rings is 1. The average molecular weight is 410 g/mol. The molecule has 4 aromatic rings. The van der Waals surface area contributed by atoms with Gasteiger partial charge in [0, 0.05) is 41.0 Å². The van der Waals surface area contributed by atoms with Gasteiger partial charge in [-0.1, -0.05) is 23.7 Å². The number of aromatic nitrogens is 3. The van der Waals surface area contributed by atoms with E-state index in [0.29, 0.717) is 28.1 Å². The predicted octanol–water partition coefficient (Wildman–Crippen LogP) is 5.62. The number of ketones is 1. The van der Waals surface area contributed by atoms with Gasteiger partial charge in [-0.3, -0.25) is 9.78 Å². The van der Waals surface area contributed by atoms with E-state index in [4.69, 9.17) is 21.0 Å². The van der Waals surface area contributed by atoms with Crippen LogP contribution in [-0.2, 0) is 11.2 Å². The molecule has 0 radical (unpaired) electrons. The summed E-state index contributed by atoms with van der Waals surface area (Å²) in [6.07, 6.45) is 3.73. The van der Waals surface area contributed by atoms with Crippen molar-refractivity contribution >= 4 is 28.7 Å². The second-order valence-corrected chi connectivity index (χ2v) is 7.68. The van der Waals surface area contributed by atoms with E-state index < -0.39 is 0 Å². The van der Waals surface area contributed by atoms with Gasteiger partial charge in [-0.05, 0) is 37.6 Å². The van der Waals surface area contributed by atoms with Crippen molar-refractivity contribution < 1.29 is 9.21 Å². The van der Waals surface area contributed by atoms with Crippen LogP contribution in [0.25, 0.3) is 33.5 Å². The van der Waals surface area contributed by atoms with Gasteiger partial charge in [-0.15, -0.1) is 11.3 Å². The van der Waals surface area contributed by atoms with Gasteiger partial charge in [-0.25, -0.2) is 9.97 Å². The standard InChI is InChI=1S/C21H16ClN3O2S/c1-12-11-24-14(9-13(2)26)10-16(12)20-25-18(21-23-7-8-28-21)19(27-20)15-5-3-4-6-17(15)22/h3-8,10-11H,9H2,1-2H3. The predicted molar refractivity (Wildman–Crippen MR) is 110 cm³/mol. The number of carbonyl (C=O) groups excluding carboxylic acids is 1. The Balaban J connectivity index is 1.90. The summed E-state index contributed by atoms with van der Waals surface area (Å²) in [4.78, 5) is 24.9. The molecule has 0 amide bonds. The molecular formula is C21H16ClN3O2S. The van der Waals surface area contributed by atoms with Gasteiger partial charge < -0.3 is 4.42 Å². The van der Waals surface area contributed by atoms with Crippen molar-refractivity contribution in [2.45, 2.75) is 20.3 Å². The quantitative estimate of drug-likeness (QED) is 0.427. The third-order valence-electron chi connectivity index (χ3n) is 4.20. The van der Waals surface area contributed by atoms with E-state index in [1.807, 2.05) is 42.6 Å². The van der Waals surface area contributed by atoms with Gasteiger partial charge in [0.2, 0.25) is 5.89 Å². The topological polar surface area (TPSA) is 68.9 Å². The van der Waals surface area contributed by atoms with E-state index in [1.54, 1.807) is 19.3 Å². The van der Waals surface area contributed by atoms with E-state index in [9.17, 15) is 4.79 Å². The molecule has 0 atom stereocenters. The molecule has 0 aliphatic carbocycles. The van der Waals surface area contributed by atoms with Gasteiger partial charge in [0.15, 0.2) is 5.76 Å². The lowest BCUT2D eigenvalue weighted by Gasteiger charge is -2.04. The fourth-order valence-electron chi connectivity index (χ4n) is 2.90. The number of nitrogens with zero attached hydrogens (tertiary/aromatic N) is 3. The Morgan fingerprint density at radius 2 is 2.04 bits per heavy atom. The Labute approximate surface area is 171 Å². The monoisotopic (exact) mass is 409 g/mol. The van der Waals surface area contributed by atoms with Crippen LogP contribution < -0.4 is 0 Å². The molecule has 0 aliphatic rings. The van der Waals surface area contributed by atoms with Gasteiger partial charge in [0.05, 0.1) is 5.02 Å². The number of hydrogen-bond donors (Lipinski definition) is 0. The fraction of sp³-hybridized carbons (Fsp3) is 0.143. The molecule has 5 nitrogen and oxygen atoms in total. The number of thiazole rings is 1. The summed E-state index contributed by atoms with van der Waals surface area (Å²) in [7, 11) is 0. The second-order valence-electron chi connectivity index (χ2n) is 6.38. The summed E-state index contributed by atoms with van der Waals surface area (Å²) >= 11 is 7.89. The molecular weight excluding hydrogens is 394 g/mol. The van der Waals surface area contributed by atoms with Crippen LogP contribution in [0.3, 0.4) is 0 Å². The molecule has 0 unspecified atom stereocenters. The largest absolute Gasteiger partial charge is 0.435 e. The van der Waals surface area contributed by atoms with Crippen LogP contribution in [-0.4, -0.2) is 20.7 Å². The summed E-state index contributed by atoms with van der Waals surface area (Å²) in [5.41, 5.74) is 3.78. The van der Waals surface area contributed by atoms with Crippen LogP contribution in [0.1, 0.15) is 18.2 Å². The molecule has 0 aliphatic heterocycles. The van der Waals surface area contributed by atoms with E-state index in [1.165, 1.54) is 11.3 Å². The summed E-state index contributed by atoms with van der Waals surface area (Å²) in [6, 6.07) is 9.33. The molecule has 0 bridgehead atoms. The summed E-state index contributed by atoms with van der Waals surface area (Å²) < 4.78 is 6.19. The number of hydrogen-bond acceptors (Lipinski definition) is 6. The molecule has 3 aromatic heterocycles. The summed E-state index contributed by atoms with van der Waals surface area (Å²) in [5, 5.41) is 3.22. The molecule has 28 heavy (non-hydrogen) atoms. The SMILES string of the molecule is CC(=O)Cc1cc(-c2nc(-c3nccs3)c(-c3ccccc3Cl)o2)c(C)cn1. The minimum atomic E-state index is 0.0509. The zero-order chi connectivity index (χ0) is 19.7. The van der Waals surface area contributed by atoms with E-state index in [0.717, 1.165) is 21.7 Å². The minimum Gasteiger partial charge on any atom is -0.435 e. The first-order valence-electron chi connectivity index (χ1n) is 8.64. The Bertz CT molecular complexity index is 1150. The zero-order valence-corrected chi connectivity index (χ0v) is 16.8. The molecule has 0 spiro atoms. The van der Waals surface area contributed by atoms with Crippen LogP contribution in [0.2, 0.25) is 5.02 Å². The minimum absolute atomic E-state index is 0.0509. The van der Waals surface area contributed by atoms with Gasteiger partial charge in [0.25, 0.3) is 0 Å². The number of aryl methyl sites for hydroxylation is 1. The highest BCUT2D eigenvalue weighted by atomic mass is 35.5. The maximum Gasteiger partial charge on any atom is 0.227 e. The Hall–Kier alpha value is -2.83. The first-order valence-corrected chi connectivity index (χ1v) is 9.89. The van der Waals surface area contributed by atoms with Gasteiger partial charge in [0.1, 0.15) is 16.5 Å². The van der Waals surface area contributed by atoms with Crippen LogP contribution in [0.15, 0.2) is 52.5 Å². The van der Waals surface area contributed by atoms with Crippen LogP contribution in [0.5, 0.6) is 0 Å². The smallest absolute Gasteiger partial charge is 0.227 e. The molecule has 3 heterocycles. The Morgan fingerprint density at radius 3 is 2.75 bits per heavy atom. The van der Waals surface area contributed by atoms with Crippen molar-refractivity contribution in [3.8, 4) is 33.5 Å². The van der Waals surface area contributed by atoms with Crippen molar-refractivity contribution in [2.75, 3.05) is 0 Å². The van der Waals surface area contributed by atoms with Crippen molar-refractivity contribution in [2.24, 2.45) is 0 Å². The number of rotatable bonds is 5. The average Bonchev–Trinajstić information content (AvgIpc) is 3.32. The van der Waals surface area contributed by atoms with E-state index >= 15 is 0 Å². The molecule has 1 aromatic carbocycles. The lowest BCUT2D eigenvalue weighted by molar-refractivity contribution is -0.116. The fourth-order valence-corrected chi connectivity index (χ4v) is 3.74. The number of benzene rings is 1. The number of oxazole rings is 1. The van der Waals surface area contributed by atoms with Crippen LogP contribution >= 0.6 is 22.9 Å². The summed E-state index contributed by atoms with van der Waals surface area (Å²) in [6.45, 7) is 3.48. The molecule has 0 saturated heterocycles. The highest BCUT2D eigenvalue weighted by Gasteiger charge is 2.22.